The third-order valence-corrected chi connectivity index (χ3v) is 6.85. The Morgan fingerprint density at radius 3 is 2.02 bits per heavy atom. The average Bonchev–Trinajstić information content (AvgIpc) is 2.86. The van der Waals surface area contributed by atoms with Crippen molar-refractivity contribution in [3.05, 3.63) is 29.8 Å². The molecule has 9 heteroatoms. The molecule has 2 N–H and O–H groups in total. The van der Waals surface area contributed by atoms with Gasteiger partial charge >= 0.3 is 5.97 Å². The number of aromatic hydroxyl groups is 1. The Balaban J connectivity index is 2.64. The zero-order chi connectivity index (χ0) is 30.6. The number of nitrogens with one attached hydrogen (secondary N) is 1. The highest BCUT2D eigenvalue weighted by Crippen LogP contribution is 2.23. The van der Waals surface area contributed by atoms with Crippen LogP contribution in [0, 0.1) is 5.41 Å². The van der Waals surface area contributed by atoms with E-state index < -0.39 is 22.6 Å². The maximum absolute atomic E-state index is 13.2. The van der Waals surface area contributed by atoms with Gasteiger partial charge in [0, 0.05) is 13.7 Å². The lowest BCUT2D eigenvalue weighted by Gasteiger charge is -2.32. The van der Waals surface area contributed by atoms with Crippen LogP contribution in [-0.2, 0) is 39.7 Å². The number of carbonyl (C=O) groups excluding carboxylic acids is 2. The van der Waals surface area contributed by atoms with Gasteiger partial charge in [-0.25, -0.2) is 4.79 Å². The van der Waals surface area contributed by atoms with Crippen LogP contribution in [0.1, 0.15) is 80.7 Å². The fourth-order valence-corrected chi connectivity index (χ4v) is 3.48. The Morgan fingerprint density at radius 1 is 0.875 bits per heavy atom. The summed E-state index contributed by atoms with van der Waals surface area (Å²) in [6, 6.07) is 6.83. The van der Waals surface area contributed by atoms with Crippen LogP contribution in [0.3, 0.4) is 0 Å². The number of ether oxygens (including phenoxy) is 5. The number of carbonyl (C=O) groups is 2. The van der Waals surface area contributed by atoms with E-state index in [2.05, 4.69) is 5.32 Å². The molecule has 0 aliphatic rings. The Morgan fingerprint density at radius 2 is 1.45 bits per heavy atom. The van der Waals surface area contributed by atoms with Gasteiger partial charge in [0.15, 0.2) is 5.60 Å². The molecule has 1 atom stereocenters. The van der Waals surface area contributed by atoms with Gasteiger partial charge in [0.25, 0.3) is 0 Å². The number of hydrogen-bond acceptors (Lipinski definition) is 8. The molecule has 0 heterocycles. The van der Waals surface area contributed by atoms with Gasteiger partial charge in [-0.2, -0.15) is 0 Å². The summed E-state index contributed by atoms with van der Waals surface area (Å²) in [6.07, 6.45) is 1.85. The lowest BCUT2D eigenvalue weighted by Crippen LogP contribution is -2.48. The van der Waals surface area contributed by atoms with E-state index >= 15 is 0 Å². The van der Waals surface area contributed by atoms with Crippen LogP contribution in [0.15, 0.2) is 24.3 Å². The lowest BCUT2D eigenvalue weighted by atomic mass is 9.91. The summed E-state index contributed by atoms with van der Waals surface area (Å²) in [5, 5.41) is 12.4. The molecular weight excluding hydrogens is 514 g/mol. The van der Waals surface area contributed by atoms with E-state index in [1.807, 2.05) is 53.7 Å². The van der Waals surface area contributed by atoms with Crippen molar-refractivity contribution in [3.8, 4) is 5.75 Å². The molecule has 0 aliphatic carbocycles. The summed E-state index contributed by atoms with van der Waals surface area (Å²) in [4.78, 5) is 26.1. The predicted molar refractivity (Wildman–Crippen MR) is 155 cm³/mol. The van der Waals surface area contributed by atoms with Crippen molar-refractivity contribution in [3.63, 3.8) is 0 Å². The maximum Gasteiger partial charge on any atom is 0.337 e. The lowest BCUT2D eigenvalue weighted by molar-refractivity contribution is -0.176. The highest BCUT2D eigenvalue weighted by atomic mass is 16.6. The van der Waals surface area contributed by atoms with Crippen LogP contribution < -0.4 is 5.32 Å². The van der Waals surface area contributed by atoms with E-state index in [0.717, 1.165) is 12.0 Å². The molecule has 9 nitrogen and oxygen atoms in total. The monoisotopic (exact) mass is 567 g/mol. The van der Waals surface area contributed by atoms with Crippen molar-refractivity contribution in [1.82, 2.24) is 5.32 Å². The highest BCUT2D eigenvalue weighted by Gasteiger charge is 2.39. The third kappa shape index (κ3) is 13.4. The van der Waals surface area contributed by atoms with Crippen molar-refractivity contribution in [2.75, 3.05) is 40.1 Å². The summed E-state index contributed by atoms with van der Waals surface area (Å²) < 4.78 is 28.8. The Hall–Kier alpha value is -2.20. The zero-order valence-electron chi connectivity index (χ0n) is 26.3. The molecule has 1 aromatic rings. The molecule has 1 aromatic carbocycles. The second-order valence-corrected chi connectivity index (χ2v) is 12.6. The number of hydrogen-bond donors (Lipinski definition) is 2. The van der Waals surface area contributed by atoms with Crippen LogP contribution >= 0.6 is 0 Å². The quantitative estimate of drug-likeness (QED) is 0.229. The van der Waals surface area contributed by atoms with Crippen molar-refractivity contribution in [2.24, 2.45) is 5.41 Å². The fraction of sp³-hybridized carbons (Fsp3) is 0.742. The van der Waals surface area contributed by atoms with E-state index in [1.165, 1.54) is 0 Å². The van der Waals surface area contributed by atoms with Crippen LogP contribution in [-0.4, -0.2) is 80.0 Å². The number of esters is 1. The average molecular weight is 568 g/mol. The van der Waals surface area contributed by atoms with Gasteiger partial charge in [-0.15, -0.1) is 0 Å². The SMILES string of the molecule is COC(C)(C)CCOC(C)(C)CCOC(C)(C)C(=O)OCC(C)(COC(C)C)C(=O)NCCc1ccc(O)cc1. The normalized spacial score (nSPS) is 14.2. The van der Waals surface area contributed by atoms with E-state index in [9.17, 15) is 14.7 Å². The molecule has 0 aliphatic heterocycles. The van der Waals surface area contributed by atoms with Gasteiger partial charge in [0.1, 0.15) is 17.8 Å². The van der Waals surface area contributed by atoms with Crippen LogP contribution in [0.5, 0.6) is 5.75 Å². The molecule has 0 aromatic heterocycles. The van der Waals surface area contributed by atoms with Crippen molar-refractivity contribution >= 4 is 11.9 Å². The van der Waals surface area contributed by atoms with Crippen molar-refractivity contribution in [2.45, 2.75) is 104 Å². The topological polar surface area (TPSA) is 113 Å². The summed E-state index contributed by atoms with van der Waals surface area (Å²) >= 11 is 0. The van der Waals surface area contributed by atoms with Crippen LogP contribution in [0.25, 0.3) is 0 Å². The van der Waals surface area contributed by atoms with Crippen LogP contribution in [0.2, 0.25) is 0 Å². The molecule has 1 amide bonds. The molecule has 40 heavy (non-hydrogen) atoms. The summed E-state index contributed by atoms with van der Waals surface area (Å²) in [6.45, 7) is 18.0. The highest BCUT2D eigenvalue weighted by molar-refractivity contribution is 5.83. The number of methoxy groups -OCH3 is 1. The molecule has 0 saturated heterocycles. The van der Waals surface area contributed by atoms with E-state index in [1.54, 1.807) is 40.0 Å². The minimum atomic E-state index is -1.21. The smallest absolute Gasteiger partial charge is 0.337 e. The van der Waals surface area contributed by atoms with Gasteiger partial charge in [0.05, 0.1) is 37.1 Å². The van der Waals surface area contributed by atoms with Gasteiger partial charge in [0.2, 0.25) is 5.91 Å². The minimum absolute atomic E-state index is 0.0919. The van der Waals surface area contributed by atoms with E-state index in [-0.39, 0.29) is 36.6 Å². The third-order valence-electron chi connectivity index (χ3n) is 6.85. The second kappa shape index (κ2) is 15.7. The first-order chi connectivity index (χ1) is 18.4. The second-order valence-electron chi connectivity index (χ2n) is 12.6. The fourth-order valence-electron chi connectivity index (χ4n) is 3.48. The Kier molecular flexibility index (Phi) is 14.1. The molecule has 0 spiro atoms. The standard InChI is InChI=1S/C31H53NO8/c1-23(2)37-21-31(9,26(34)32-18-15-24-11-13-25(33)14-12-24)22-38-27(35)30(7,8)40-20-17-29(5,6)39-19-16-28(3,4)36-10/h11-14,23,33H,15-22H2,1-10H3,(H,32,34). The number of phenolic OH excluding ortho intramolecular Hbond substituents is 1. The minimum Gasteiger partial charge on any atom is -0.508 e. The van der Waals surface area contributed by atoms with E-state index in [0.29, 0.717) is 32.6 Å². The molecule has 0 bridgehead atoms. The number of rotatable bonds is 19. The first-order valence-electron chi connectivity index (χ1n) is 14.1. The molecular formula is C31H53NO8. The summed E-state index contributed by atoms with van der Waals surface area (Å²) in [7, 11) is 1.69. The molecule has 0 saturated carbocycles. The van der Waals surface area contributed by atoms with E-state index in [4.69, 9.17) is 23.7 Å². The molecule has 0 fully saturated rings. The largest absolute Gasteiger partial charge is 0.508 e. The van der Waals surface area contributed by atoms with Gasteiger partial charge in [-0.1, -0.05) is 12.1 Å². The Bertz CT molecular complexity index is 910. The molecule has 230 valence electrons. The Labute approximate surface area is 241 Å². The zero-order valence-corrected chi connectivity index (χ0v) is 26.3. The molecule has 1 rings (SSSR count). The summed E-state index contributed by atoms with van der Waals surface area (Å²) in [5.74, 6) is -0.631. The first-order valence-corrected chi connectivity index (χ1v) is 14.1. The predicted octanol–water partition coefficient (Wildman–Crippen LogP) is 4.82. The summed E-state index contributed by atoms with van der Waals surface area (Å²) in [5.41, 5.74) is -2.00. The first kappa shape index (κ1) is 35.8. The van der Waals surface area contributed by atoms with Gasteiger partial charge < -0.3 is 34.1 Å². The number of benzene rings is 1. The van der Waals surface area contributed by atoms with Gasteiger partial charge in [-0.05, 0) is 99.3 Å². The molecule has 0 radical (unpaired) electrons. The number of phenols is 1. The maximum atomic E-state index is 13.2. The van der Waals surface area contributed by atoms with Crippen molar-refractivity contribution in [1.29, 1.82) is 0 Å². The van der Waals surface area contributed by atoms with Crippen molar-refractivity contribution < 1.29 is 38.4 Å². The van der Waals surface area contributed by atoms with Crippen LogP contribution in [0.4, 0.5) is 0 Å². The van der Waals surface area contributed by atoms with Gasteiger partial charge in [-0.3, -0.25) is 4.79 Å². The molecule has 1 unspecified atom stereocenters. The number of amides is 1.